The van der Waals surface area contributed by atoms with Crippen molar-refractivity contribution in [2.75, 3.05) is 0 Å². The van der Waals surface area contributed by atoms with Gasteiger partial charge in [0.15, 0.2) is 0 Å². The average molecular weight is 155 g/mol. The predicted molar refractivity (Wildman–Crippen MR) is 46.4 cm³/mol. The number of nitroso groups, excluding NO2 is 1. The van der Waals surface area contributed by atoms with Gasteiger partial charge in [-0.15, -0.1) is 0 Å². The lowest BCUT2D eigenvalue weighted by Crippen LogP contribution is -2.20. The molecule has 0 spiro atoms. The molecule has 0 aromatic heterocycles. The summed E-state index contributed by atoms with van der Waals surface area (Å²) in [6.45, 7) is 4.23. The maximum Gasteiger partial charge on any atom is 0.0919 e. The Hall–Kier alpha value is -0.400. The Kier molecular flexibility index (Phi) is 3.03. The van der Waals surface area contributed by atoms with Crippen LogP contribution in [0.4, 0.5) is 0 Å². The average Bonchev–Trinajstić information content (AvgIpc) is 2.05. The molecule has 2 nitrogen and oxygen atoms in total. The van der Waals surface area contributed by atoms with Crippen LogP contribution >= 0.6 is 0 Å². The molecule has 11 heavy (non-hydrogen) atoms. The molecule has 1 fully saturated rings. The van der Waals surface area contributed by atoms with Gasteiger partial charge in [-0.3, -0.25) is 0 Å². The first-order valence-corrected chi connectivity index (χ1v) is 4.56. The minimum absolute atomic E-state index is 0.0440. The van der Waals surface area contributed by atoms with E-state index < -0.39 is 0 Å². The van der Waals surface area contributed by atoms with E-state index in [0.29, 0.717) is 5.92 Å². The van der Waals surface area contributed by atoms with Crippen LogP contribution in [0.5, 0.6) is 0 Å². The molecule has 0 heterocycles. The van der Waals surface area contributed by atoms with E-state index in [0.717, 1.165) is 5.92 Å². The molecule has 0 radical (unpaired) electrons. The molecule has 1 atom stereocenters. The quantitative estimate of drug-likeness (QED) is 0.564. The zero-order valence-electron chi connectivity index (χ0n) is 7.42. The van der Waals surface area contributed by atoms with E-state index in [-0.39, 0.29) is 6.04 Å². The van der Waals surface area contributed by atoms with Gasteiger partial charge in [0.1, 0.15) is 0 Å². The standard InChI is InChI=1S/C9H17NO/c1-7-3-5-9(6-4-7)8(2)10-11/h7-9H,3-6H2,1-2H3. The molecule has 1 saturated carbocycles. The summed E-state index contributed by atoms with van der Waals surface area (Å²) in [4.78, 5) is 10.2. The first-order chi connectivity index (χ1) is 5.24. The SMILES string of the molecule is CC1CCC(C(C)N=O)CC1. The van der Waals surface area contributed by atoms with E-state index in [2.05, 4.69) is 12.1 Å². The third-order valence-electron chi connectivity index (χ3n) is 2.91. The van der Waals surface area contributed by atoms with E-state index in [4.69, 9.17) is 0 Å². The van der Waals surface area contributed by atoms with Gasteiger partial charge in [-0.05, 0) is 31.6 Å². The van der Waals surface area contributed by atoms with Crippen molar-refractivity contribution in [2.45, 2.75) is 45.6 Å². The van der Waals surface area contributed by atoms with E-state index in [9.17, 15) is 4.91 Å². The Balaban J connectivity index is 2.32. The van der Waals surface area contributed by atoms with Gasteiger partial charge >= 0.3 is 0 Å². The fourth-order valence-electron chi connectivity index (χ4n) is 1.85. The lowest BCUT2D eigenvalue weighted by molar-refractivity contribution is 0.262. The van der Waals surface area contributed by atoms with Crippen molar-refractivity contribution in [2.24, 2.45) is 17.0 Å². The Labute approximate surface area is 68.3 Å². The van der Waals surface area contributed by atoms with Crippen molar-refractivity contribution < 1.29 is 0 Å². The smallest absolute Gasteiger partial charge is 0.0919 e. The topological polar surface area (TPSA) is 29.4 Å². The molecule has 0 amide bonds. The molecule has 0 aliphatic heterocycles. The van der Waals surface area contributed by atoms with E-state index in [1.807, 2.05) is 6.92 Å². The fourth-order valence-corrected chi connectivity index (χ4v) is 1.85. The van der Waals surface area contributed by atoms with Crippen molar-refractivity contribution in [1.82, 2.24) is 0 Å². The summed E-state index contributed by atoms with van der Waals surface area (Å²) in [6, 6.07) is 0.0440. The molecular weight excluding hydrogens is 138 g/mol. The predicted octanol–water partition coefficient (Wildman–Crippen LogP) is 2.97. The molecule has 0 aromatic rings. The first kappa shape index (κ1) is 8.69. The van der Waals surface area contributed by atoms with E-state index >= 15 is 0 Å². The Morgan fingerprint density at radius 1 is 1.27 bits per heavy atom. The third kappa shape index (κ3) is 2.28. The van der Waals surface area contributed by atoms with Gasteiger partial charge in [0.05, 0.1) is 6.04 Å². The number of nitrogens with zero attached hydrogens (tertiary/aromatic N) is 1. The molecule has 1 rings (SSSR count). The second-order valence-corrected chi connectivity index (χ2v) is 3.87. The van der Waals surface area contributed by atoms with E-state index in [1.54, 1.807) is 0 Å². The summed E-state index contributed by atoms with van der Waals surface area (Å²) in [5.74, 6) is 1.44. The highest BCUT2D eigenvalue weighted by Gasteiger charge is 2.23. The summed E-state index contributed by atoms with van der Waals surface area (Å²) in [6.07, 6.45) is 4.97. The van der Waals surface area contributed by atoms with Crippen LogP contribution in [0, 0.1) is 16.7 Å². The molecule has 0 N–H and O–H groups in total. The summed E-state index contributed by atoms with van der Waals surface area (Å²) >= 11 is 0. The number of hydrogen-bond acceptors (Lipinski definition) is 2. The maximum atomic E-state index is 10.2. The van der Waals surface area contributed by atoms with Crippen LogP contribution in [-0.4, -0.2) is 6.04 Å². The molecule has 64 valence electrons. The fraction of sp³-hybridized carbons (Fsp3) is 1.00. The normalized spacial score (nSPS) is 34.7. The summed E-state index contributed by atoms with van der Waals surface area (Å²) in [5.41, 5.74) is 0. The molecule has 0 aromatic carbocycles. The highest BCUT2D eigenvalue weighted by atomic mass is 16.3. The Morgan fingerprint density at radius 3 is 2.27 bits per heavy atom. The van der Waals surface area contributed by atoms with Gasteiger partial charge in [0.25, 0.3) is 0 Å². The third-order valence-corrected chi connectivity index (χ3v) is 2.91. The van der Waals surface area contributed by atoms with Crippen molar-refractivity contribution in [3.63, 3.8) is 0 Å². The van der Waals surface area contributed by atoms with Crippen molar-refractivity contribution in [3.05, 3.63) is 4.91 Å². The minimum atomic E-state index is 0.0440. The molecular formula is C9H17NO. The summed E-state index contributed by atoms with van der Waals surface area (Å²) in [7, 11) is 0. The molecule has 1 aliphatic rings. The second-order valence-electron chi connectivity index (χ2n) is 3.87. The van der Waals surface area contributed by atoms with Crippen molar-refractivity contribution >= 4 is 0 Å². The second kappa shape index (κ2) is 3.84. The summed E-state index contributed by atoms with van der Waals surface area (Å²) < 4.78 is 0. The Bertz CT molecular complexity index is 128. The monoisotopic (exact) mass is 155 g/mol. The van der Waals surface area contributed by atoms with E-state index in [1.165, 1.54) is 25.7 Å². The largest absolute Gasteiger partial charge is 0.151 e. The molecule has 0 saturated heterocycles. The molecule has 2 heteroatoms. The van der Waals surface area contributed by atoms with Crippen LogP contribution in [0.2, 0.25) is 0 Å². The van der Waals surface area contributed by atoms with Gasteiger partial charge in [-0.1, -0.05) is 24.9 Å². The molecule has 0 bridgehead atoms. The van der Waals surface area contributed by atoms with Crippen LogP contribution in [0.25, 0.3) is 0 Å². The van der Waals surface area contributed by atoms with Crippen LogP contribution in [-0.2, 0) is 0 Å². The maximum absolute atomic E-state index is 10.2. The van der Waals surface area contributed by atoms with Crippen molar-refractivity contribution in [3.8, 4) is 0 Å². The summed E-state index contributed by atoms with van der Waals surface area (Å²) in [5, 5.41) is 3.09. The van der Waals surface area contributed by atoms with Crippen LogP contribution < -0.4 is 0 Å². The highest BCUT2D eigenvalue weighted by Crippen LogP contribution is 2.31. The van der Waals surface area contributed by atoms with Crippen LogP contribution in [0.15, 0.2) is 5.18 Å². The number of rotatable bonds is 2. The van der Waals surface area contributed by atoms with Gasteiger partial charge in [-0.25, -0.2) is 0 Å². The first-order valence-electron chi connectivity index (χ1n) is 4.56. The van der Waals surface area contributed by atoms with Crippen molar-refractivity contribution in [1.29, 1.82) is 0 Å². The molecule has 1 aliphatic carbocycles. The minimum Gasteiger partial charge on any atom is -0.151 e. The van der Waals surface area contributed by atoms with Crippen LogP contribution in [0.3, 0.4) is 0 Å². The highest BCUT2D eigenvalue weighted by molar-refractivity contribution is 4.77. The zero-order chi connectivity index (χ0) is 8.27. The lowest BCUT2D eigenvalue weighted by atomic mass is 9.80. The van der Waals surface area contributed by atoms with Gasteiger partial charge in [0.2, 0.25) is 0 Å². The van der Waals surface area contributed by atoms with Gasteiger partial charge < -0.3 is 0 Å². The lowest BCUT2D eigenvalue weighted by Gasteiger charge is -2.27. The molecule has 1 unspecified atom stereocenters. The van der Waals surface area contributed by atoms with Gasteiger partial charge in [0, 0.05) is 0 Å². The van der Waals surface area contributed by atoms with Gasteiger partial charge in [-0.2, -0.15) is 4.91 Å². The van der Waals surface area contributed by atoms with Crippen LogP contribution in [0.1, 0.15) is 39.5 Å². The zero-order valence-corrected chi connectivity index (χ0v) is 7.42. The Morgan fingerprint density at radius 2 is 1.82 bits per heavy atom. The number of hydrogen-bond donors (Lipinski definition) is 0.